The van der Waals surface area contributed by atoms with E-state index in [1.165, 1.54) is 22.9 Å². The summed E-state index contributed by atoms with van der Waals surface area (Å²) in [6, 6.07) is 10.5. The van der Waals surface area contributed by atoms with Gasteiger partial charge in [-0.3, -0.25) is 0 Å². The normalized spacial score (nSPS) is 14.4. The Morgan fingerprint density at radius 1 is 1.19 bits per heavy atom. The van der Waals surface area contributed by atoms with Gasteiger partial charge in [-0.25, -0.2) is 9.97 Å². The molecule has 0 spiro atoms. The number of halogens is 3. The molecule has 1 fully saturated rings. The largest absolute Gasteiger partial charge is 0.354 e. The van der Waals surface area contributed by atoms with Crippen LogP contribution < -0.4 is 10.6 Å². The molecular weight excluding hydrogens is 423 g/mol. The molecule has 4 nitrogen and oxygen atoms in total. The van der Waals surface area contributed by atoms with E-state index < -0.39 is 0 Å². The maximum Gasteiger partial charge on any atom is 0.223 e. The second kappa shape index (κ2) is 10.4. The van der Waals surface area contributed by atoms with Crippen LogP contribution in [-0.2, 0) is 0 Å². The van der Waals surface area contributed by atoms with Crippen LogP contribution in [0, 0.1) is 5.92 Å². The van der Waals surface area contributed by atoms with Crippen molar-refractivity contribution >= 4 is 63.8 Å². The van der Waals surface area contributed by atoms with E-state index in [0.29, 0.717) is 11.0 Å². The molecule has 0 unspecified atom stereocenters. The maximum atomic E-state index is 6.36. The van der Waals surface area contributed by atoms with Gasteiger partial charge in [0.25, 0.3) is 0 Å². The first-order valence-corrected chi connectivity index (χ1v) is 9.95. The standard InChI is InChI=1S/C19H21ClN4S.2ClH/c20-15-12-23-19(22-10-7-13-5-8-21-9-6-13)24-18(15)17-11-14-3-1-2-4-16(14)25-17;;/h1-4,11-13,21H,5-10H2,(H,22,23,24);2*1H. The van der Waals surface area contributed by atoms with Crippen LogP contribution in [0.15, 0.2) is 36.5 Å². The van der Waals surface area contributed by atoms with Gasteiger partial charge in [0.2, 0.25) is 5.95 Å². The first-order chi connectivity index (χ1) is 12.3. The lowest BCUT2D eigenvalue weighted by molar-refractivity contribution is 0.361. The minimum atomic E-state index is 0. The molecule has 3 aromatic rings. The van der Waals surface area contributed by atoms with Gasteiger partial charge in [0.15, 0.2) is 0 Å². The van der Waals surface area contributed by atoms with Crippen LogP contribution in [0.25, 0.3) is 20.7 Å². The molecule has 8 heteroatoms. The summed E-state index contributed by atoms with van der Waals surface area (Å²) in [5, 5.41) is 8.59. The Labute approximate surface area is 181 Å². The van der Waals surface area contributed by atoms with E-state index in [2.05, 4.69) is 44.9 Å². The van der Waals surface area contributed by atoms with Gasteiger partial charge in [-0.05, 0) is 55.8 Å². The molecule has 0 amide bonds. The minimum Gasteiger partial charge on any atom is -0.354 e. The summed E-state index contributed by atoms with van der Waals surface area (Å²) in [5.41, 5.74) is 0.808. The lowest BCUT2D eigenvalue weighted by Gasteiger charge is -2.22. The predicted octanol–water partition coefficient (Wildman–Crippen LogP) is 5.66. The van der Waals surface area contributed by atoms with E-state index in [1.807, 2.05) is 6.07 Å². The van der Waals surface area contributed by atoms with Crippen molar-refractivity contribution in [2.24, 2.45) is 5.92 Å². The topological polar surface area (TPSA) is 49.8 Å². The quantitative estimate of drug-likeness (QED) is 0.532. The first kappa shape index (κ1) is 22.2. The molecule has 3 heterocycles. The fourth-order valence-corrected chi connectivity index (χ4v) is 4.60. The van der Waals surface area contributed by atoms with Crippen LogP contribution in [0.1, 0.15) is 19.3 Å². The molecule has 27 heavy (non-hydrogen) atoms. The number of rotatable bonds is 5. The molecule has 0 bridgehead atoms. The lowest BCUT2D eigenvalue weighted by atomic mass is 9.95. The maximum absolute atomic E-state index is 6.36. The summed E-state index contributed by atoms with van der Waals surface area (Å²) < 4.78 is 1.24. The molecule has 2 aromatic heterocycles. The van der Waals surface area contributed by atoms with Gasteiger partial charge >= 0.3 is 0 Å². The van der Waals surface area contributed by atoms with Gasteiger partial charge < -0.3 is 10.6 Å². The molecule has 1 aliphatic rings. The van der Waals surface area contributed by atoms with Gasteiger partial charge in [-0.15, -0.1) is 36.2 Å². The third-order valence-corrected chi connectivity index (χ3v) is 6.10. The van der Waals surface area contributed by atoms with Crippen molar-refractivity contribution in [1.29, 1.82) is 0 Å². The number of fused-ring (bicyclic) bond motifs is 1. The van der Waals surface area contributed by atoms with Gasteiger partial charge in [-0.1, -0.05) is 29.8 Å². The zero-order valence-corrected chi connectivity index (χ0v) is 18.0. The fourth-order valence-electron chi connectivity index (χ4n) is 3.28. The Hall–Kier alpha value is -1.11. The number of anilines is 1. The van der Waals surface area contributed by atoms with Crippen molar-refractivity contribution in [2.75, 3.05) is 25.0 Å². The lowest BCUT2D eigenvalue weighted by Crippen LogP contribution is -2.28. The Morgan fingerprint density at radius 2 is 1.96 bits per heavy atom. The monoisotopic (exact) mass is 444 g/mol. The smallest absolute Gasteiger partial charge is 0.223 e. The van der Waals surface area contributed by atoms with Crippen LogP contribution in [0.3, 0.4) is 0 Å². The number of piperidine rings is 1. The van der Waals surface area contributed by atoms with E-state index in [4.69, 9.17) is 11.6 Å². The molecule has 2 N–H and O–H groups in total. The highest BCUT2D eigenvalue weighted by molar-refractivity contribution is 7.22. The first-order valence-electron chi connectivity index (χ1n) is 8.76. The molecule has 0 atom stereocenters. The van der Waals surface area contributed by atoms with E-state index >= 15 is 0 Å². The van der Waals surface area contributed by atoms with Crippen molar-refractivity contribution in [3.8, 4) is 10.6 Å². The predicted molar refractivity (Wildman–Crippen MR) is 121 cm³/mol. The number of thiophene rings is 1. The Morgan fingerprint density at radius 3 is 2.74 bits per heavy atom. The highest BCUT2D eigenvalue weighted by atomic mass is 35.5. The number of hydrogen-bond donors (Lipinski definition) is 2. The highest BCUT2D eigenvalue weighted by Gasteiger charge is 2.14. The van der Waals surface area contributed by atoms with Crippen molar-refractivity contribution in [1.82, 2.24) is 15.3 Å². The Kier molecular flexibility index (Phi) is 8.58. The van der Waals surface area contributed by atoms with Gasteiger partial charge in [-0.2, -0.15) is 0 Å². The highest BCUT2D eigenvalue weighted by Crippen LogP contribution is 2.35. The van der Waals surface area contributed by atoms with Crippen molar-refractivity contribution < 1.29 is 0 Å². The SMILES string of the molecule is Cl.Cl.Clc1cnc(NCCC2CCNCC2)nc1-c1cc2ccccc2s1. The summed E-state index contributed by atoms with van der Waals surface area (Å²) in [7, 11) is 0. The van der Waals surface area contributed by atoms with E-state index in [0.717, 1.165) is 42.5 Å². The molecule has 4 rings (SSSR count). The summed E-state index contributed by atoms with van der Waals surface area (Å²) in [6.07, 6.45) is 5.37. The van der Waals surface area contributed by atoms with E-state index in [1.54, 1.807) is 17.5 Å². The zero-order valence-electron chi connectivity index (χ0n) is 14.8. The Balaban J connectivity index is 0.00000131. The number of benzene rings is 1. The number of hydrogen-bond acceptors (Lipinski definition) is 5. The third-order valence-electron chi connectivity index (χ3n) is 4.70. The second-order valence-electron chi connectivity index (χ2n) is 6.45. The summed E-state index contributed by atoms with van der Waals surface area (Å²) in [4.78, 5) is 10.1. The fraction of sp³-hybridized carbons (Fsp3) is 0.368. The molecule has 1 aromatic carbocycles. The molecule has 0 radical (unpaired) electrons. The van der Waals surface area contributed by atoms with Crippen molar-refractivity contribution in [2.45, 2.75) is 19.3 Å². The van der Waals surface area contributed by atoms with Gasteiger partial charge in [0.1, 0.15) is 5.69 Å². The van der Waals surface area contributed by atoms with Crippen molar-refractivity contribution in [3.05, 3.63) is 41.6 Å². The van der Waals surface area contributed by atoms with E-state index in [-0.39, 0.29) is 24.8 Å². The minimum absolute atomic E-state index is 0. The van der Waals surface area contributed by atoms with Gasteiger partial charge in [0, 0.05) is 11.2 Å². The van der Waals surface area contributed by atoms with Gasteiger partial charge in [0.05, 0.1) is 16.1 Å². The average molecular weight is 446 g/mol. The van der Waals surface area contributed by atoms with Crippen molar-refractivity contribution in [3.63, 3.8) is 0 Å². The molecule has 1 saturated heterocycles. The number of aromatic nitrogens is 2. The van der Waals surface area contributed by atoms with Crippen LogP contribution in [0.4, 0.5) is 5.95 Å². The summed E-state index contributed by atoms with van der Waals surface area (Å²) >= 11 is 8.07. The van der Waals surface area contributed by atoms with Crippen LogP contribution >= 0.6 is 47.8 Å². The molecule has 146 valence electrons. The molecular formula is C19H23Cl3N4S. The molecule has 0 aliphatic carbocycles. The number of nitrogens with one attached hydrogen (secondary N) is 2. The number of nitrogens with zero attached hydrogens (tertiary/aromatic N) is 2. The zero-order chi connectivity index (χ0) is 17.1. The third kappa shape index (κ3) is 5.46. The van der Waals surface area contributed by atoms with Crippen LogP contribution in [-0.4, -0.2) is 29.6 Å². The second-order valence-corrected chi connectivity index (χ2v) is 7.94. The van der Waals surface area contributed by atoms with Crippen LogP contribution in [0.5, 0.6) is 0 Å². The molecule has 1 aliphatic heterocycles. The molecule has 0 saturated carbocycles. The summed E-state index contributed by atoms with van der Waals surface area (Å²) in [6.45, 7) is 3.18. The van der Waals surface area contributed by atoms with Crippen LogP contribution in [0.2, 0.25) is 5.02 Å². The Bertz CT molecular complexity index is 832. The summed E-state index contributed by atoms with van der Waals surface area (Å²) in [5.74, 6) is 1.45. The van der Waals surface area contributed by atoms with E-state index in [9.17, 15) is 0 Å². The average Bonchev–Trinajstić information content (AvgIpc) is 3.08.